The van der Waals surface area contributed by atoms with Gasteiger partial charge in [0.25, 0.3) is 0 Å². The summed E-state index contributed by atoms with van der Waals surface area (Å²) in [5.74, 6) is 11.4. The molecule has 0 aromatic heterocycles. The summed E-state index contributed by atoms with van der Waals surface area (Å²) in [4.78, 5) is 0.729. The van der Waals surface area contributed by atoms with Crippen LogP contribution in [0.2, 0.25) is 0 Å². The zero-order valence-electron chi connectivity index (χ0n) is 8.41. The van der Waals surface area contributed by atoms with Gasteiger partial charge in [-0.25, -0.2) is 5.84 Å². The minimum absolute atomic E-state index is 0.376. The van der Waals surface area contributed by atoms with Gasteiger partial charge in [0.15, 0.2) is 5.84 Å². The van der Waals surface area contributed by atoms with Crippen molar-refractivity contribution in [3.8, 4) is 0 Å². The number of hydrogen-bond acceptors (Lipinski definition) is 5. The predicted octanol–water partition coefficient (Wildman–Crippen LogP) is 0.519. The second-order valence-electron chi connectivity index (χ2n) is 2.16. The van der Waals surface area contributed by atoms with Gasteiger partial charge < -0.3 is 16.0 Å². The zero-order valence-corrected chi connectivity index (χ0v) is 9.23. The summed E-state index contributed by atoms with van der Waals surface area (Å²) >= 11 is 1.43. The van der Waals surface area contributed by atoms with Crippen molar-refractivity contribution in [3.05, 3.63) is 23.3 Å². The summed E-state index contributed by atoms with van der Waals surface area (Å²) in [6, 6.07) is 0. The molecule has 6 heteroatoms. The predicted molar refractivity (Wildman–Crippen MR) is 61.3 cm³/mol. The first kappa shape index (κ1) is 12.9. The van der Waals surface area contributed by atoms with Crippen molar-refractivity contribution in [2.45, 2.75) is 6.92 Å². The molecule has 0 aromatic rings. The van der Waals surface area contributed by atoms with Crippen LogP contribution in [0.25, 0.3) is 0 Å². The third-order valence-corrected chi connectivity index (χ3v) is 2.20. The van der Waals surface area contributed by atoms with E-state index in [9.17, 15) is 0 Å². The van der Waals surface area contributed by atoms with Gasteiger partial charge in [0.05, 0.1) is 11.5 Å². The number of nitrogens with two attached hydrogens (primary N) is 2. The molecule has 0 spiro atoms. The van der Waals surface area contributed by atoms with Crippen molar-refractivity contribution in [3.63, 3.8) is 0 Å². The number of ether oxygens (including phenoxy) is 1. The maximum Gasteiger partial charge on any atom is 0.177 e. The normalized spacial score (nSPS) is 13.2. The molecule has 0 aliphatic heterocycles. The fraction of sp³-hybridized carbons (Fsp3) is 0.375. The standard InChI is InChI=1S/C8H16N4OS/c1-4-6(13-5-2)7(14-3)8(11-9)12-10/h4H,1,5,9-10H2,2-3H3,(H,11,12)/b7-6+. The highest BCUT2D eigenvalue weighted by atomic mass is 32.2. The molecule has 0 unspecified atom stereocenters. The van der Waals surface area contributed by atoms with Crippen LogP contribution < -0.4 is 17.1 Å². The Balaban J connectivity index is 5.05. The molecular weight excluding hydrogens is 200 g/mol. The summed E-state index contributed by atoms with van der Waals surface area (Å²) in [6.07, 6.45) is 3.47. The Bertz CT molecular complexity index is 250. The average molecular weight is 216 g/mol. The summed E-state index contributed by atoms with van der Waals surface area (Å²) in [7, 11) is 0. The van der Waals surface area contributed by atoms with Crippen molar-refractivity contribution in [2.24, 2.45) is 16.8 Å². The molecule has 14 heavy (non-hydrogen) atoms. The second-order valence-corrected chi connectivity index (χ2v) is 2.97. The van der Waals surface area contributed by atoms with E-state index in [1.54, 1.807) is 6.08 Å². The Morgan fingerprint density at radius 2 is 2.36 bits per heavy atom. The number of hydrogen-bond donors (Lipinski definition) is 3. The van der Waals surface area contributed by atoms with E-state index < -0.39 is 0 Å². The maximum absolute atomic E-state index is 5.34. The van der Waals surface area contributed by atoms with E-state index in [0.29, 0.717) is 18.2 Å². The van der Waals surface area contributed by atoms with E-state index in [-0.39, 0.29) is 0 Å². The first-order chi connectivity index (χ1) is 6.74. The first-order valence-corrected chi connectivity index (χ1v) is 5.25. The molecule has 0 amide bonds. The summed E-state index contributed by atoms with van der Waals surface area (Å²) in [6.45, 7) is 6.07. The van der Waals surface area contributed by atoms with Crippen LogP contribution in [0.4, 0.5) is 0 Å². The minimum Gasteiger partial charge on any atom is -0.493 e. The molecular formula is C8H16N4OS. The van der Waals surface area contributed by atoms with Gasteiger partial charge in [-0.2, -0.15) is 5.10 Å². The topological polar surface area (TPSA) is 85.7 Å². The molecule has 0 radical (unpaired) electrons. The van der Waals surface area contributed by atoms with Crippen LogP contribution in [-0.2, 0) is 4.74 Å². The number of allylic oxidation sites excluding steroid dienone is 1. The number of nitrogens with one attached hydrogen (secondary N) is 1. The molecule has 0 saturated carbocycles. The summed E-state index contributed by atoms with van der Waals surface area (Å²) in [5.41, 5.74) is 2.39. The smallest absolute Gasteiger partial charge is 0.177 e. The van der Waals surface area contributed by atoms with E-state index in [0.717, 1.165) is 4.91 Å². The Kier molecular flexibility index (Phi) is 6.69. The molecule has 80 valence electrons. The van der Waals surface area contributed by atoms with E-state index in [4.69, 9.17) is 16.4 Å². The largest absolute Gasteiger partial charge is 0.493 e. The van der Waals surface area contributed by atoms with Crippen LogP contribution in [-0.4, -0.2) is 18.7 Å². The molecule has 0 aromatic carbocycles. The van der Waals surface area contributed by atoms with Gasteiger partial charge in [-0.05, 0) is 19.3 Å². The monoisotopic (exact) mass is 216 g/mol. The highest BCUT2D eigenvalue weighted by Crippen LogP contribution is 2.19. The second kappa shape index (κ2) is 7.28. The van der Waals surface area contributed by atoms with Gasteiger partial charge >= 0.3 is 0 Å². The molecule has 0 rings (SSSR count). The number of rotatable bonds is 5. The van der Waals surface area contributed by atoms with E-state index >= 15 is 0 Å². The lowest BCUT2D eigenvalue weighted by Gasteiger charge is -2.11. The minimum atomic E-state index is 0.376. The average Bonchev–Trinajstić information content (AvgIpc) is 2.23. The molecule has 0 atom stereocenters. The van der Waals surface area contributed by atoms with Crippen LogP contribution in [0, 0.1) is 0 Å². The number of amidine groups is 1. The zero-order chi connectivity index (χ0) is 11.0. The fourth-order valence-corrected chi connectivity index (χ4v) is 1.50. The van der Waals surface area contributed by atoms with Crippen molar-refractivity contribution in [1.82, 2.24) is 5.43 Å². The Morgan fingerprint density at radius 1 is 1.71 bits per heavy atom. The molecule has 0 fully saturated rings. The van der Waals surface area contributed by atoms with Crippen LogP contribution in [0.15, 0.2) is 28.4 Å². The van der Waals surface area contributed by atoms with Crippen molar-refractivity contribution in [2.75, 3.05) is 12.9 Å². The van der Waals surface area contributed by atoms with Crippen LogP contribution in [0.1, 0.15) is 6.92 Å². The lowest BCUT2D eigenvalue weighted by Crippen LogP contribution is -2.32. The lowest BCUT2D eigenvalue weighted by molar-refractivity contribution is 0.242. The van der Waals surface area contributed by atoms with Crippen molar-refractivity contribution < 1.29 is 4.74 Å². The van der Waals surface area contributed by atoms with Gasteiger partial charge in [-0.1, -0.05) is 6.58 Å². The third kappa shape index (κ3) is 3.31. The summed E-state index contributed by atoms with van der Waals surface area (Å²) in [5, 5.41) is 3.50. The van der Waals surface area contributed by atoms with Crippen LogP contribution >= 0.6 is 11.8 Å². The van der Waals surface area contributed by atoms with Gasteiger partial charge in [0, 0.05) is 0 Å². The number of thioether (sulfide) groups is 1. The van der Waals surface area contributed by atoms with Gasteiger partial charge in [0.2, 0.25) is 0 Å². The van der Waals surface area contributed by atoms with Gasteiger partial charge in [-0.15, -0.1) is 11.8 Å². The van der Waals surface area contributed by atoms with E-state index in [2.05, 4.69) is 17.1 Å². The third-order valence-electron chi connectivity index (χ3n) is 1.39. The number of nitrogens with zero attached hydrogens (tertiary/aromatic N) is 1. The Hall–Kier alpha value is -1.14. The van der Waals surface area contributed by atoms with Crippen molar-refractivity contribution >= 4 is 17.6 Å². The molecule has 5 nitrogen and oxygen atoms in total. The Labute approximate surface area is 88.2 Å². The van der Waals surface area contributed by atoms with Crippen LogP contribution in [0.5, 0.6) is 0 Å². The highest BCUT2D eigenvalue weighted by Gasteiger charge is 2.10. The SMILES string of the molecule is C=C/C(OCC)=C(SC)/C(=N/N)NN. The molecule has 0 heterocycles. The quantitative estimate of drug-likeness (QED) is 0.156. The fourth-order valence-electron chi connectivity index (χ4n) is 0.848. The molecule has 0 aliphatic rings. The van der Waals surface area contributed by atoms with Gasteiger partial charge in [0.1, 0.15) is 5.76 Å². The maximum atomic E-state index is 5.34. The molecule has 0 aliphatic carbocycles. The van der Waals surface area contributed by atoms with E-state index in [1.165, 1.54) is 11.8 Å². The lowest BCUT2D eigenvalue weighted by atomic mass is 10.4. The Morgan fingerprint density at radius 3 is 2.64 bits per heavy atom. The number of hydrazone groups is 1. The first-order valence-electron chi connectivity index (χ1n) is 4.03. The summed E-state index contributed by atoms with van der Waals surface area (Å²) < 4.78 is 5.34. The molecule has 0 saturated heterocycles. The number of hydrazine groups is 1. The molecule has 0 bridgehead atoms. The van der Waals surface area contributed by atoms with Crippen LogP contribution in [0.3, 0.4) is 0 Å². The van der Waals surface area contributed by atoms with Gasteiger partial charge in [-0.3, -0.25) is 0 Å². The highest BCUT2D eigenvalue weighted by molar-refractivity contribution is 8.03. The molecule has 5 N–H and O–H groups in total. The van der Waals surface area contributed by atoms with Crippen molar-refractivity contribution in [1.29, 1.82) is 0 Å². The van der Waals surface area contributed by atoms with E-state index in [1.807, 2.05) is 13.2 Å².